The Balaban J connectivity index is 1.88. The van der Waals surface area contributed by atoms with Crippen molar-refractivity contribution in [2.45, 2.75) is 4.90 Å². The van der Waals surface area contributed by atoms with Gasteiger partial charge in [-0.15, -0.1) is 0 Å². The van der Waals surface area contributed by atoms with Crippen LogP contribution in [-0.4, -0.2) is 21.4 Å². The lowest BCUT2D eigenvalue weighted by Gasteiger charge is -2.14. The molecule has 0 atom stereocenters. The summed E-state index contributed by atoms with van der Waals surface area (Å²) in [7, 11) is -2.69. The summed E-state index contributed by atoms with van der Waals surface area (Å²) in [6.07, 6.45) is 0. The third-order valence-electron chi connectivity index (χ3n) is 3.95. The number of halogens is 2. The molecule has 0 aliphatic heterocycles. The van der Waals surface area contributed by atoms with Gasteiger partial charge in [0.15, 0.2) is 0 Å². The molecule has 9 heteroatoms. The van der Waals surface area contributed by atoms with Gasteiger partial charge in [-0.05, 0) is 54.6 Å². The molecule has 0 aliphatic carbocycles. The lowest BCUT2D eigenvalue weighted by molar-refractivity contribution is 0.102. The van der Waals surface area contributed by atoms with Gasteiger partial charge >= 0.3 is 0 Å². The highest BCUT2D eigenvalue weighted by Gasteiger charge is 2.22. The molecular weight excluding hydrogens is 419 g/mol. The summed E-state index contributed by atoms with van der Waals surface area (Å²) in [5.74, 6) is -0.651. The number of ether oxygens (including phenoxy) is 1. The summed E-state index contributed by atoms with van der Waals surface area (Å²) >= 11 is 5.91. The molecule has 3 rings (SSSR count). The number of sulfonamides is 1. The summed E-state index contributed by atoms with van der Waals surface area (Å²) in [6, 6.07) is 15.7. The third-order valence-corrected chi connectivity index (χ3v) is 5.79. The van der Waals surface area contributed by atoms with E-state index in [0.717, 1.165) is 18.2 Å². The van der Waals surface area contributed by atoms with Crippen molar-refractivity contribution < 1.29 is 22.3 Å². The third kappa shape index (κ3) is 4.85. The molecule has 2 N–H and O–H groups in total. The molecule has 0 fully saturated rings. The monoisotopic (exact) mass is 434 g/mol. The van der Waals surface area contributed by atoms with Gasteiger partial charge in [0.05, 0.1) is 23.4 Å². The summed E-state index contributed by atoms with van der Waals surface area (Å²) in [5, 5.41) is 2.54. The van der Waals surface area contributed by atoms with Gasteiger partial charge in [0.2, 0.25) is 0 Å². The van der Waals surface area contributed by atoms with Crippen LogP contribution in [0.25, 0.3) is 0 Å². The average Bonchev–Trinajstić information content (AvgIpc) is 2.70. The van der Waals surface area contributed by atoms with Crippen molar-refractivity contribution >= 4 is 38.9 Å². The van der Waals surface area contributed by atoms with Crippen molar-refractivity contribution in [2.75, 3.05) is 17.1 Å². The minimum Gasteiger partial charge on any atom is -0.497 e. The first-order valence-corrected chi connectivity index (χ1v) is 10.2. The van der Waals surface area contributed by atoms with E-state index in [9.17, 15) is 17.6 Å². The Morgan fingerprint density at radius 1 is 1.03 bits per heavy atom. The Labute approximate surface area is 172 Å². The van der Waals surface area contributed by atoms with E-state index in [1.165, 1.54) is 19.2 Å². The Morgan fingerprint density at radius 2 is 1.72 bits per heavy atom. The van der Waals surface area contributed by atoms with Gasteiger partial charge in [-0.2, -0.15) is 0 Å². The van der Waals surface area contributed by atoms with Crippen LogP contribution in [0.4, 0.5) is 15.8 Å². The number of nitrogens with one attached hydrogen (secondary N) is 2. The molecule has 0 spiro atoms. The number of anilines is 2. The van der Waals surface area contributed by atoms with Gasteiger partial charge < -0.3 is 10.1 Å². The smallest absolute Gasteiger partial charge is 0.263 e. The second-order valence-corrected chi connectivity index (χ2v) is 7.97. The molecule has 3 aromatic rings. The van der Waals surface area contributed by atoms with Crippen molar-refractivity contribution in [1.29, 1.82) is 0 Å². The summed E-state index contributed by atoms with van der Waals surface area (Å²) in [6.45, 7) is 0. The Hall–Kier alpha value is -3.10. The fraction of sp³-hybridized carbons (Fsp3) is 0.0500. The van der Waals surface area contributed by atoms with Gasteiger partial charge in [-0.25, -0.2) is 12.8 Å². The summed E-state index contributed by atoms with van der Waals surface area (Å²) in [5.41, 5.74) is 0.611. The van der Waals surface area contributed by atoms with Crippen molar-refractivity contribution in [1.82, 2.24) is 0 Å². The van der Waals surface area contributed by atoms with Crippen LogP contribution in [0, 0.1) is 5.82 Å². The van der Waals surface area contributed by atoms with Gasteiger partial charge in [-0.3, -0.25) is 9.52 Å². The van der Waals surface area contributed by atoms with Crippen molar-refractivity contribution in [3.63, 3.8) is 0 Å². The van der Waals surface area contributed by atoms with E-state index in [0.29, 0.717) is 11.4 Å². The number of hydrogen-bond acceptors (Lipinski definition) is 4. The van der Waals surface area contributed by atoms with E-state index in [-0.39, 0.29) is 16.3 Å². The number of methoxy groups -OCH3 is 1. The van der Waals surface area contributed by atoms with Crippen molar-refractivity contribution in [2.24, 2.45) is 0 Å². The van der Waals surface area contributed by atoms with E-state index < -0.39 is 26.6 Å². The van der Waals surface area contributed by atoms with Crippen molar-refractivity contribution in [3.8, 4) is 5.75 Å². The molecule has 0 radical (unpaired) electrons. The molecule has 6 nitrogen and oxygen atoms in total. The number of carbonyl (C=O) groups is 1. The highest BCUT2D eigenvalue weighted by atomic mass is 35.5. The molecule has 0 unspecified atom stereocenters. The van der Waals surface area contributed by atoms with Crippen LogP contribution in [0.2, 0.25) is 5.02 Å². The van der Waals surface area contributed by atoms with Gasteiger partial charge in [0, 0.05) is 5.69 Å². The first-order valence-electron chi connectivity index (χ1n) is 8.32. The second kappa shape index (κ2) is 8.50. The topological polar surface area (TPSA) is 84.5 Å². The van der Waals surface area contributed by atoms with Crippen LogP contribution in [0.3, 0.4) is 0 Å². The van der Waals surface area contributed by atoms with E-state index >= 15 is 0 Å². The molecular formula is C20H16ClFN2O4S. The Kier molecular flexibility index (Phi) is 6.05. The fourth-order valence-electron chi connectivity index (χ4n) is 2.53. The summed E-state index contributed by atoms with van der Waals surface area (Å²) in [4.78, 5) is 12.2. The van der Waals surface area contributed by atoms with Gasteiger partial charge in [0.1, 0.15) is 16.5 Å². The lowest BCUT2D eigenvalue weighted by Crippen LogP contribution is -2.19. The zero-order valence-electron chi connectivity index (χ0n) is 15.1. The molecule has 0 aromatic heterocycles. The summed E-state index contributed by atoms with van der Waals surface area (Å²) < 4.78 is 46.2. The highest BCUT2D eigenvalue weighted by molar-refractivity contribution is 7.92. The molecule has 0 heterocycles. The first kappa shape index (κ1) is 20.6. The zero-order valence-corrected chi connectivity index (χ0v) is 16.7. The largest absolute Gasteiger partial charge is 0.497 e. The second-order valence-electron chi connectivity index (χ2n) is 5.91. The zero-order chi connectivity index (χ0) is 21.0. The predicted octanol–water partition coefficient (Wildman–Crippen LogP) is 4.54. The average molecular weight is 435 g/mol. The van der Waals surface area contributed by atoms with Gasteiger partial charge in [-0.1, -0.05) is 23.7 Å². The number of rotatable bonds is 6. The quantitative estimate of drug-likeness (QED) is 0.596. The Morgan fingerprint density at radius 3 is 2.41 bits per heavy atom. The molecule has 29 heavy (non-hydrogen) atoms. The van der Waals surface area contributed by atoms with Crippen LogP contribution >= 0.6 is 11.6 Å². The van der Waals surface area contributed by atoms with E-state index in [1.54, 1.807) is 36.4 Å². The molecule has 0 aliphatic rings. The number of para-hydroxylation sites is 1. The molecule has 3 aromatic carbocycles. The maximum Gasteiger partial charge on any atom is 0.263 e. The van der Waals surface area contributed by atoms with Crippen LogP contribution in [0.1, 0.15) is 10.4 Å². The number of benzene rings is 3. The Bertz CT molecular complexity index is 1150. The van der Waals surface area contributed by atoms with E-state index in [2.05, 4.69) is 10.0 Å². The molecule has 150 valence electrons. The lowest BCUT2D eigenvalue weighted by atomic mass is 10.1. The normalized spacial score (nSPS) is 11.0. The maximum absolute atomic E-state index is 13.5. The van der Waals surface area contributed by atoms with Crippen molar-refractivity contribution in [3.05, 3.63) is 83.1 Å². The predicted molar refractivity (Wildman–Crippen MR) is 110 cm³/mol. The van der Waals surface area contributed by atoms with Crippen LogP contribution in [0.15, 0.2) is 71.6 Å². The standard InChI is InChI=1S/C20H16ClFN2O4S/c1-28-15-9-7-14(8-10-15)23-20(25)16-4-2-3-5-18(16)24-29(26,27)19-12-13(22)6-11-17(19)21/h2-12,24H,1H3,(H,23,25). The number of carbonyl (C=O) groups excluding carboxylic acids is 1. The first-order chi connectivity index (χ1) is 13.8. The fourth-order valence-corrected chi connectivity index (χ4v) is 4.12. The van der Waals surface area contributed by atoms with Gasteiger partial charge in [0.25, 0.3) is 15.9 Å². The van der Waals surface area contributed by atoms with E-state index in [1.807, 2.05) is 0 Å². The van der Waals surface area contributed by atoms with Crippen LogP contribution < -0.4 is 14.8 Å². The highest BCUT2D eigenvalue weighted by Crippen LogP contribution is 2.26. The molecule has 0 saturated heterocycles. The minimum absolute atomic E-state index is 0.0267. The number of amides is 1. The molecule has 0 bridgehead atoms. The molecule has 1 amide bonds. The SMILES string of the molecule is COc1ccc(NC(=O)c2ccccc2NS(=O)(=O)c2cc(F)ccc2Cl)cc1. The van der Waals surface area contributed by atoms with Crippen LogP contribution in [0.5, 0.6) is 5.75 Å². The molecule has 0 saturated carbocycles. The van der Waals surface area contributed by atoms with E-state index in [4.69, 9.17) is 16.3 Å². The maximum atomic E-state index is 13.5. The number of hydrogen-bond donors (Lipinski definition) is 2. The minimum atomic E-state index is -4.22. The van der Waals surface area contributed by atoms with Crippen LogP contribution in [-0.2, 0) is 10.0 Å².